The van der Waals surface area contributed by atoms with E-state index >= 15 is 0 Å². The van der Waals surface area contributed by atoms with E-state index < -0.39 is 13.3 Å². The number of nitrogens with zero attached hydrogens (tertiary/aromatic N) is 1. The average Bonchev–Trinajstić information content (AvgIpc) is 2.02. The van der Waals surface area contributed by atoms with Crippen LogP contribution in [0.1, 0.15) is 24.2 Å². The first-order valence-electron chi connectivity index (χ1n) is 4.30. The van der Waals surface area contributed by atoms with E-state index in [0.29, 0.717) is 5.69 Å². The molecule has 1 aromatic rings. The summed E-state index contributed by atoms with van der Waals surface area (Å²) < 4.78 is 36.0. The van der Waals surface area contributed by atoms with Gasteiger partial charge in [0.1, 0.15) is 0 Å². The molecule has 0 spiro atoms. The van der Waals surface area contributed by atoms with Crippen molar-refractivity contribution in [2.75, 3.05) is 0 Å². The number of rotatable bonds is 3. The Morgan fingerprint density at radius 3 is 2.43 bits per heavy atom. The molecule has 1 rings (SSSR count). The van der Waals surface area contributed by atoms with E-state index in [2.05, 4.69) is 4.98 Å². The SMILES string of the molecule is CC(N)c1ccc(C[B-](F)(F)F)cn1. The molecule has 0 saturated carbocycles. The number of nitrogens with two attached hydrogens (primary N) is 1. The molecule has 14 heavy (non-hydrogen) atoms. The molecule has 1 aromatic heterocycles. The molecule has 1 heterocycles. The number of hydrogen-bond acceptors (Lipinski definition) is 2. The Kier molecular flexibility index (Phi) is 3.15. The zero-order valence-corrected chi connectivity index (χ0v) is 7.75. The number of halogens is 3. The van der Waals surface area contributed by atoms with Crippen LogP contribution in [-0.4, -0.2) is 12.0 Å². The van der Waals surface area contributed by atoms with Crippen molar-refractivity contribution in [2.24, 2.45) is 5.73 Å². The minimum absolute atomic E-state index is 0.182. The van der Waals surface area contributed by atoms with E-state index in [1.807, 2.05) is 0 Å². The fourth-order valence-corrected chi connectivity index (χ4v) is 1.09. The van der Waals surface area contributed by atoms with Crippen LogP contribution in [0.4, 0.5) is 12.9 Å². The van der Waals surface area contributed by atoms with Gasteiger partial charge in [-0.1, -0.05) is 17.9 Å². The number of hydrogen-bond donors (Lipinski definition) is 1. The lowest BCUT2D eigenvalue weighted by atomic mass is 9.82. The second kappa shape index (κ2) is 4.00. The van der Waals surface area contributed by atoms with Crippen molar-refractivity contribution in [3.05, 3.63) is 29.6 Å². The molecular weight excluding hydrogens is 192 g/mol. The third-order valence-corrected chi connectivity index (χ3v) is 1.78. The first-order valence-corrected chi connectivity index (χ1v) is 4.30. The molecule has 0 bridgehead atoms. The summed E-state index contributed by atoms with van der Waals surface area (Å²) in [4.78, 5) is 3.85. The van der Waals surface area contributed by atoms with Crippen molar-refractivity contribution < 1.29 is 12.9 Å². The van der Waals surface area contributed by atoms with Crippen LogP contribution in [0.3, 0.4) is 0 Å². The molecule has 0 amide bonds. The van der Waals surface area contributed by atoms with Crippen LogP contribution in [0.15, 0.2) is 18.3 Å². The third kappa shape index (κ3) is 3.37. The maximum atomic E-state index is 12.0. The molecule has 0 saturated heterocycles. The fourth-order valence-electron chi connectivity index (χ4n) is 1.09. The van der Waals surface area contributed by atoms with Crippen molar-refractivity contribution in [1.29, 1.82) is 0 Å². The third-order valence-electron chi connectivity index (χ3n) is 1.78. The smallest absolute Gasteiger partial charge is 0.449 e. The highest BCUT2D eigenvalue weighted by molar-refractivity contribution is 6.57. The van der Waals surface area contributed by atoms with Crippen molar-refractivity contribution in [3.63, 3.8) is 0 Å². The van der Waals surface area contributed by atoms with Crippen LogP contribution in [0, 0.1) is 0 Å². The fraction of sp³-hybridized carbons (Fsp3) is 0.375. The van der Waals surface area contributed by atoms with Crippen LogP contribution in [0.25, 0.3) is 0 Å². The molecule has 0 aliphatic heterocycles. The summed E-state index contributed by atoms with van der Waals surface area (Å²) in [5, 5.41) is 0. The molecule has 2 nitrogen and oxygen atoms in total. The van der Waals surface area contributed by atoms with Gasteiger partial charge in [0, 0.05) is 12.2 Å². The molecule has 6 heteroatoms. The highest BCUT2D eigenvalue weighted by Crippen LogP contribution is 2.16. The Morgan fingerprint density at radius 2 is 2.07 bits per heavy atom. The lowest BCUT2D eigenvalue weighted by molar-refractivity contribution is 0.468. The highest BCUT2D eigenvalue weighted by Gasteiger charge is 2.23. The van der Waals surface area contributed by atoms with Gasteiger partial charge in [-0.3, -0.25) is 4.98 Å². The van der Waals surface area contributed by atoms with E-state index in [-0.39, 0.29) is 11.6 Å². The zero-order chi connectivity index (χ0) is 10.8. The predicted molar refractivity (Wildman–Crippen MR) is 49.6 cm³/mol. The molecule has 0 radical (unpaired) electrons. The number of aromatic nitrogens is 1. The first-order chi connectivity index (χ1) is 6.38. The Labute approximate surface area is 80.4 Å². The second-order valence-corrected chi connectivity index (χ2v) is 3.29. The Bertz CT molecular complexity index is 294. The Hall–Kier alpha value is -1.04. The summed E-state index contributed by atoms with van der Waals surface area (Å²) in [5.41, 5.74) is 6.29. The van der Waals surface area contributed by atoms with Crippen molar-refractivity contribution in [2.45, 2.75) is 19.3 Å². The van der Waals surface area contributed by atoms with E-state index in [0.717, 1.165) is 0 Å². The Morgan fingerprint density at radius 1 is 1.43 bits per heavy atom. The standard InChI is InChI=1S/C8H11BF3N2/c1-6(13)8-3-2-7(5-14-8)4-9(10,11)12/h2-3,5-6H,4,13H2,1H3/q-1. The second-order valence-electron chi connectivity index (χ2n) is 3.29. The quantitative estimate of drug-likeness (QED) is 0.763. The highest BCUT2D eigenvalue weighted by atomic mass is 19.4. The van der Waals surface area contributed by atoms with Gasteiger partial charge in [0.2, 0.25) is 0 Å². The van der Waals surface area contributed by atoms with Gasteiger partial charge >= 0.3 is 6.98 Å². The molecule has 78 valence electrons. The summed E-state index contributed by atoms with van der Waals surface area (Å²) in [6, 6.07) is 2.70. The first kappa shape index (κ1) is 11.0. The van der Waals surface area contributed by atoms with E-state index in [4.69, 9.17) is 5.73 Å². The van der Waals surface area contributed by atoms with Gasteiger partial charge in [0.05, 0.1) is 5.69 Å². The summed E-state index contributed by atoms with van der Waals surface area (Å²) in [6.45, 7) is -3.05. The summed E-state index contributed by atoms with van der Waals surface area (Å²) in [5.74, 6) is 0. The normalized spacial score (nSPS) is 14.1. The van der Waals surface area contributed by atoms with Crippen molar-refractivity contribution in [1.82, 2.24) is 4.98 Å². The van der Waals surface area contributed by atoms with Crippen LogP contribution < -0.4 is 5.73 Å². The van der Waals surface area contributed by atoms with Gasteiger partial charge in [-0.05, 0) is 13.0 Å². The lowest BCUT2D eigenvalue weighted by Crippen LogP contribution is -2.19. The summed E-state index contributed by atoms with van der Waals surface area (Å²) in [6.07, 6.45) is 0.347. The minimum atomic E-state index is -4.78. The molecule has 0 aromatic carbocycles. The van der Waals surface area contributed by atoms with Crippen LogP contribution in [-0.2, 0) is 6.32 Å². The average molecular weight is 203 g/mol. The number of pyridine rings is 1. The van der Waals surface area contributed by atoms with Crippen LogP contribution in [0.5, 0.6) is 0 Å². The maximum absolute atomic E-state index is 12.0. The topological polar surface area (TPSA) is 38.9 Å². The van der Waals surface area contributed by atoms with Gasteiger partial charge in [-0.25, -0.2) is 0 Å². The van der Waals surface area contributed by atoms with E-state index in [1.54, 1.807) is 6.92 Å². The van der Waals surface area contributed by atoms with Crippen LogP contribution >= 0.6 is 0 Å². The molecule has 2 N–H and O–H groups in total. The molecule has 1 unspecified atom stereocenters. The largest absolute Gasteiger partial charge is 0.482 e. The molecule has 0 aliphatic rings. The lowest BCUT2D eigenvalue weighted by Gasteiger charge is -2.13. The Balaban J connectivity index is 2.74. The van der Waals surface area contributed by atoms with Crippen molar-refractivity contribution >= 4 is 6.98 Å². The van der Waals surface area contributed by atoms with Crippen LogP contribution in [0.2, 0.25) is 0 Å². The van der Waals surface area contributed by atoms with Crippen molar-refractivity contribution in [3.8, 4) is 0 Å². The monoisotopic (exact) mass is 203 g/mol. The minimum Gasteiger partial charge on any atom is -0.449 e. The van der Waals surface area contributed by atoms with E-state index in [9.17, 15) is 12.9 Å². The summed E-state index contributed by atoms with van der Waals surface area (Å²) in [7, 11) is 0. The van der Waals surface area contributed by atoms with Gasteiger partial charge < -0.3 is 18.7 Å². The van der Waals surface area contributed by atoms with Gasteiger partial charge in [0.15, 0.2) is 0 Å². The van der Waals surface area contributed by atoms with Gasteiger partial charge in [0.25, 0.3) is 0 Å². The van der Waals surface area contributed by atoms with Gasteiger partial charge in [-0.2, -0.15) is 0 Å². The zero-order valence-electron chi connectivity index (χ0n) is 7.75. The van der Waals surface area contributed by atoms with Gasteiger partial charge in [-0.15, -0.1) is 0 Å². The maximum Gasteiger partial charge on any atom is 0.482 e. The summed E-state index contributed by atoms with van der Waals surface area (Å²) >= 11 is 0. The van der Waals surface area contributed by atoms with E-state index in [1.165, 1.54) is 18.3 Å². The predicted octanol–water partition coefficient (Wildman–Crippen LogP) is 2.03. The molecular formula is C8H11BF3N2-. The molecule has 0 fully saturated rings. The molecule has 0 aliphatic carbocycles. The molecule has 1 atom stereocenters.